The van der Waals surface area contributed by atoms with E-state index in [0.29, 0.717) is 17.1 Å². The molecule has 4 aromatic rings. The lowest BCUT2D eigenvalue weighted by molar-refractivity contribution is -0.384. The van der Waals surface area contributed by atoms with Gasteiger partial charge in [-0.05, 0) is 41.3 Å². The van der Waals surface area contributed by atoms with Crippen LogP contribution in [0.25, 0.3) is 0 Å². The van der Waals surface area contributed by atoms with E-state index in [0.717, 1.165) is 15.9 Å². The van der Waals surface area contributed by atoms with Gasteiger partial charge in [-0.2, -0.15) is 0 Å². The first-order valence-electron chi connectivity index (χ1n) is 14.6. The van der Waals surface area contributed by atoms with Crippen molar-refractivity contribution in [1.82, 2.24) is 10.2 Å². The molecule has 4 aromatic carbocycles. The summed E-state index contributed by atoms with van der Waals surface area (Å²) in [6.45, 7) is 3.42. The Kier molecular flexibility index (Phi) is 11.5. The number of benzene rings is 4. The molecule has 0 aliphatic carbocycles. The van der Waals surface area contributed by atoms with Crippen LogP contribution in [0, 0.1) is 16.0 Å². The number of non-ortho nitro benzene ring substituents is 1. The molecule has 2 amide bonds. The van der Waals surface area contributed by atoms with Crippen LogP contribution in [0.2, 0.25) is 5.02 Å². The second-order valence-corrected chi connectivity index (χ2v) is 13.3. The van der Waals surface area contributed by atoms with Crippen molar-refractivity contribution in [3.05, 3.63) is 135 Å². The van der Waals surface area contributed by atoms with E-state index in [1.165, 1.54) is 35.2 Å². The van der Waals surface area contributed by atoms with E-state index in [4.69, 9.17) is 11.6 Å². The summed E-state index contributed by atoms with van der Waals surface area (Å²) in [5, 5.41) is 14.9. The van der Waals surface area contributed by atoms with Crippen molar-refractivity contribution in [3.63, 3.8) is 0 Å². The second-order valence-electron chi connectivity index (χ2n) is 11.1. The Labute approximate surface area is 273 Å². The highest BCUT2D eigenvalue weighted by Gasteiger charge is 2.35. The molecule has 0 saturated carbocycles. The zero-order valence-corrected chi connectivity index (χ0v) is 27.0. The van der Waals surface area contributed by atoms with Crippen molar-refractivity contribution in [2.75, 3.05) is 17.4 Å². The Bertz CT molecular complexity index is 1770. The van der Waals surface area contributed by atoms with Crippen molar-refractivity contribution in [1.29, 1.82) is 0 Å². The number of nitrogens with one attached hydrogen (secondary N) is 1. The first-order valence-corrected chi connectivity index (χ1v) is 16.5. The molecule has 0 aliphatic rings. The van der Waals surface area contributed by atoms with Crippen LogP contribution in [0.5, 0.6) is 0 Å². The summed E-state index contributed by atoms with van der Waals surface area (Å²) in [5.74, 6) is -0.980. The fourth-order valence-electron chi connectivity index (χ4n) is 4.80. The van der Waals surface area contributed by atoms with E-state index in [2.05, 4.69) is 5.32 Å². The van der Waals surface area contributed by atoms with Gasteiger partial charge in [0.25, 0.3) is 15.7 Å². The largest absolute Gasteiger partial charge is 0.354 e. The van der Waals surface area contributed by atoms with Crippen molar-refractivity contribution in [2.24, 2.45) is 5.92 Å². The number of nitro benzene ring substituents is 1. The van der Waals surface area contributed by atoms with Gasteiger partial charge in [0.05, 0.1) is 15.5 Å². The van der Waals surface area contributed by atoms with E-state index in [-0.39, 0.29) is 35.2 Å². The molecule has 0 heterocycles. The van der Waals surface area contributed by atoms with Crippen LogP contribution in [0.4, 0.5) is 11.4 Å². The van der Waals surface area contributed by atoms with Gasteiger partial charge in [0.2, 0.25) is 11.8 Å². The highest BCUT2D eigenvalue weighted by atomic mass is 35.5. The lowest BCUT2D eigenvalue weighted by Crippen LogP contribution is -2.53. The quantitative estimate of drug-likeness (QED) is 0.133. The number of sulfonamides is 1. The number of amides is 2. The number of hydrogen-bond donors (Lipinski definition) is 1. The number of anilines is 1. The SMILES string of the molecule is CC(C)CNC(=O)C(Cc1ccccc1)N(Cc1ccccc1Cl)C(=O)CN(c1cccc([N+](=O)[O-])c1)S(=O)(=O)c1ccccc1. The van der Waals surface area contributed by atoms with Crippen LogP contribution >= 0.6 is 11.6 Å². The second kappa shape index (κ2) is 15.5. The molecule has 0 bridgehead atoms. The molecule has 0 spiro atoms. The molecule has 0 aliphatic heterocycles. The van der Waals surface area contributed by atoms with Gasteiger partial charge in [0.15, 0.2) is 0 Å². The maximum absolute atomic E-state index is 14.5. The number of nitro groups is 1. The molecule has 1 N–H and O–H groups in total. The minimum Gasteiger partial charge on any atom is -0.354 e. The van der Waals surface area contributed by atoms with E-state index < -0.39 is 39.3 Å². The predicted molar refractivity (Wildman–Crippen MR) is 178 cm³/mol. The first kappa shape index (κ1) is 34.1. The number of rotatable bonds is 14. The molecule has 240 valence electrons. The van der Waals surface area contributed by atoms with E-state index in [1.54, 1.807) is 42.5 Å². The number of hydrogen-bond acceptors (Lipinski definition) is 6. The van der Waals surface area contributed by atoms with Crippen molar-refractivity contribution in [3.8, 4) is 0 Å². The number of carbonyl (C=O) groups is 2. The minimum atomic E-state index is -4.40. The Morgan fingerprint density at radius 1 is 0.891 bits per heavy atom. The summed E-state index contributed by atoms with van der Waals surface area (Å²) in [6, 6.07) is 27.6. The highest BCUT2D eigenvalue weighted by Crippen LogP contribution is 2.28. The molecule has 0 saturated heterocycles. The average molecular weight is 663 g/mol. The van der Waals surface area contributed by atoms with Crippen LogP contribution in [0.15, 0.2) is 114 Å². The van der Waals surface area contributed by atoms with Crippen LogP contribution in [0.3, 0.4) is 0 Å². The Balaban J connectivity index is 1.83. The first-order chi connectivity index (χ1) is 22.0. The highest BCUT2D eigenvalue weighted by molar-refractivity contribution is 7.92. The van der Waals surface area contributed by atoms with E-state index in [9.17, 15) is 28.1 Å². The van der Waals surface area contributed by atoms with Gasteiger partial charge in [-0.25, -0.2) is 8.42 Å². The number of carbonyl (C=O) groups excluding carboxylic acids is 2. The average Bonchev–Trinajstić information content (AvgIpc) is 3.05. The third kappa shape index (κ3) is 8.70. The molecule has 1 atom stereocenters. The summed E-state index contributed by atoms with van der Waals surface area (Å²) in [5.41, 5.74) is 0.922. The van der Waals surface area contributed by atoms with Gasteiger partial charge in [0, 0.05) is 36.7 Å². The molecule has 0 radical (unpaired) electrons. The molecule has 4 rings (SSSR count). The fraction of sp³-hybridized carbons (Fsp3) is 0.235. The predicted octanol–water partition coefficient (Wildman–Crippen LogP) is 5.86. The zero-order chi connectivity index (χ0) is 33.3. The third-order valence-corrected chi connectivity index (χ3v) is 9.35. The summed E-state index contributed by atoms with van der Waals surface area (Å²) >= 11 is 6.51. The van der Waals surface area contributed by atoms with Gasteiger partial charge in [-0.15, -0.1) is 0 Å². The van der Waals surface area contributed by atoms with Gasteiger partial charge >= 0.3 is 0 Å². The van der Waals surface area contributed by atoms with Gasteiger partial charge in [-0.3, -0.25) is 24.0 Å². The molecule has 12 heteroatoms. The lowest BCUT2D eigenvalue weighted by Gasteiger charge is -2.34. The van der Waals surface area contributed by atoms with Crippen LogP contribution in [0.1, 0.15) is 25.0 Å². The standard InChI is InChI=1S/C34H35ClN4O6S/c1-25(2)22-36-34(41)32(20-26-12-5-3-6-13-26)37(23-27-14-9-10-19-31(27)35)33(40)24-38(28-15-11-16-29(21-28)39(42)43)46(44,45)30-17-7-4-8-18-30/h3-19,21,25,32H,20,22-24H2,1-2H3,(H,36,41). The maximum Gasteiger partial charge on any atom is 0.271 e. The monoisotopic (exact) mass is 662 g/mol. The Hall–Kier alpha value is -4.74. The topological polar surface area (TPSA) is 130 Å². The normalized spacial score (nSPS) is 11.9. The Morgan fingerprint density at radius 2 is 1.52 bits per heavy atom. The number of nitrogens with zero attached hydrogens (tertiary/aromatic N) is 3. The van der Waals surface area contributed by atoms with Crippen LogP contribution < -0.4 is 9.62 Å². The molecule has 46 heavy (non-hydrogen) atoms. The van der Waals surface area contributed by atoms with Crippen molar-refractivity contribution < 1.29 is 22.9 Å². The summed E-state index contributed by atoms with van der Waals surface area (Å²) in [7, 11) is -4.40. The molecule has 0 fully saturated rings. The van der Waals surface area contributed by atoms with Crippen LogP contribution in [-0.4, -0.2) is 49.2 Å². The molecular formula is C34H35ClN4O6S. The lowest BCUT2D eigenvalue weighted by atomic mass is 10.0. The minimum absolute atomic E-state index is 0.0760. The Morgan fingerprint density at radius 3 is 2.15 bits per heavy atom. The fourth-order valence-corrected chi connectivity index (χ4v) is 6.42. The third-order valence-electron chi connectivity index (χ3n) is 7.19. The summed E-state index contributed by atoms with van der Waals surface area (Å²) < 4.78 is 28.9. The molecule has 10 nitrogen and oxygen atoms in total. The molecular weight excluding hydrogens is 628 g/mol. The molecule has 0 aromatic heterocycles. The van der Waals surface area contributed by atoms with Crippen LogP contribution in [-0.2, 0) is 32.6 Å². The smallest absolute Gasteiger partial charge is 0.271 e. The summed E-state index contributed by atoms with van der Waals surface area (Å²) in [6.07, 6.45) is 0.142. The van der Waals surface area contributed by atoms with Crippen molar-refractivity contribution in [2.45, 2.75) is 37.8 Å². The van der Waals surface area contributed by atoms with E-state index in [1.807, 2.05) is 44.2 Å². The van der Waals surface area contributed by atoms with Gasteiger partial charge < -0.3 is 10.2 Å². The van der Waals surface area contributed by atoms with E-state index >= 15 is 0 Å². The van der Waals surface area contributed by atoms with Gasteiger partial charge in [0.1, 0.15) is 12.6 Å². The molecule has 1 unspecified atom stereocenters. The van der Waals surface area contributed by atoms with Gasteiger partial charge in [-0.1, -0.05) is 98.2 Å². The number of halogens is 1. The zero-order valence-electron chi connectivity index (χ0n) is 25.5. The van der Waals surface area contributed by atoms with Crippen molar-refractivity contribution >= 4 is 44.8 Å². The summed E-state index contributed by atoms with van der Waals surface area (Å²) in [4.78, 5) is 40.5. The maximum atomic E-state index is 14.5.